The van der Waals surface area contributed by atoms with E-state index < -0.39 is 5.97 Å². The average molecular weight is 590 g/mol. The summed E-state index contributed by atoms with van der Waals surface area (Å²) in [5.41, 5.74) is 3.63. The van der Waals surface area contributed by atoms with Gasteiger partial charge in [0.1, 0.15) is 5.82 Å². The van der Waals surface area contributed by atoms with Gasteiger partial charge in [-0.05, 0) is 54.8 Å². The molecule has 1 aliphatic heterocycles. The Labute approximate surface area is 240 Å². The van der Waals surface area contributed by atoms with Gasteiger partial charge in [0.25, 0.3) is 0 Å². The first-order valence-corrected chi connectivity index (χ1v) is 11.8. The lowest BCUT2D eigenvalue weighted by molar-refractivity contribution is -0.116. The predicted octanol–water partition coefficient (Wildman–Crippen LogP) is 6.47. The molecule has 1 saturated heterocycles. The summed E-state index contributed by atoms with van der Waals surface area (Å²) in [5.74, 6) is -0.234. The van der Waals surface area contributed by atoms with Crippen molar-refractivity contribution in [2.45, 2.75) is 27.2 Å². The van der Waals surface area contributed by atoms with Crippen molar-refractivity contribution in [3.63, 3.8) is 0 Å². The Morgan fingerprint density at radius 2 is 1.65 bits per heavy atom. The number of aromatic nitrogens is 1. The van der Waals surface area contributed by atoms with Gasteiger partial charge in [-0.15, -0.1) is 37.2 Å². The van der Waals surface area contributed by atoms with Crippen molar-refractivity contribution in [1.29, 1.82) is 0 Å². The molecule has 0 aliphatic carbocycles. The average Bonchev–Trinajstić information content (AvgIpc) is 2.79. The Hall–Kier alpha value is -2.45. The molecule has 0 radical (unpaired) electrons. The van der Waals surface area contributed by atoms with Crippen LogP contribution < -0.4 is 15.1 Å². The largest absolute Gasteiger partial charge is 0.478 e. The number of halogens is 4. The van der Waals surface area contributed by atoms with E-state index in [1.165, 1.54) is 5.56 Å². The summed E-state index contributed by atoms with van der Waals surface area (Å²) >= 11 is 6.20. The van der Waals surface area contributed by atoms with Gasteiger partial charge in [0, 0.05) is 54.4 Å². The summed E-state index contributed by atoms with van der Waals surface area (Å²) < 4.78 is 0. The number of fused-ring (bicyclic) bond motifs is 1. The quantitative estimate of drug-likeness (QED) is 0.343. The van der Waals surface area contributed by atoms with Crippen LogP contribution in [0.5, 0.6) is 0 Å². The molecule has 1 aliphatic rings. The van der Waals surface area contributed by atoms with Gasteiger partial charge in [-0.3, -0.25) is 4.79 Å². The molecule has 1 aromatic heterocycles. The van der Waals surface area contributed by atoms with Crippen LogP contribution in [0.2, 0.25) is 5.02 Å². The van der Waals surface area contributed by atoms with Gasteiger partial charge in [0.05, 0.1) is 11.1 Å². The van der Waals surface area contributed by atoms with Gasteiger partial charge in [0.15, 0.2) is 0 Å². The van der Waals surface area contributed by atoms with Gasteiger partial charge < -0.3 is 20.2 Å². The number of carbonyl (C=O) groups is 2. The number of benzene rings is 2. The van der Waals surface area contributed by atoms with Crippen LogP contribution >= 0.6 is 48.8 Å². The number of hydrogen-bond acceptors (Lipinski definition) is 5. The molecule has 0 spiro atoms. The van der Waals surface area contributed by atoms with Gasteiger partial charge in [0.2, 0.25) is 5.91 Å². The third-order valence-corrected chi connectivity index (χ3v) is 6.25. The third-order valence-electron chi connectivity index (χ3n) is 6.02. The first-order chi connectivity index (χ1) is 16.2. The molecule has 1 amide bonds. The minimum absolute atomic E-state index is 0. The summed E-state index contributed by atoms with van der Waals surface area (Å²) in [4.78, 5) is 33.4. The van der Waals surface area contributed by atoms with E-state index in [4.69, 9.17) is 16.6 Å². The SMILES string of the molecule is Cc1ccc(Cl)cc1N1CCN(c2cc(C(=O)O)c3cc(NC(=O)CC(C)C)ccc3n2)CC1.Cl.Cl.Cl. The smallest absolute Gasteiger partial charge is 0.336 e. The van der Waals surface area contributed by atoms with Crippen LogP contribution in [-0.2, 0) is 4.79 Å². The van der Waals surface area contributed by atoms with E-state index in [-0.39, 0.29) is 54.6 Å². The second kappa shape index (κ2) is 13.9. The number of aromatic carboxylic acids is 1. The fourth-order valence-corrected chi connectivity index (χ4v) is 4.48. The summed E-state index contributed by atoms with van der Waals surface area (Å²) in [6, 6.07) is 12.8. The molecule has 0 saturated carbocycles. The number of rotatable bonds is 6. The summed E-state index contributed by atoms with van der Waals surface area (Å²) in [7, 11) is 0. The minimum atomic E-state index is -1.02. The van der Waals surface area contributed by atoms with Crippen LogP contribution in [-0.4, -0.2) is 48.1 Å². The molecule has 0 bridgehead atoms. The second-order valence-electron chi connectivity index (χ2n) is 9.12. The molecule has 2 N–H and O–H groups in total. The number of carboxylic acid groups (broad SMARTS) is 1. The molecule has 7 nitrogen and oxygen atoms in total. The molecule has 202 valence electrons. The van der Waals surface area contributed by atoms with Gasteiger partial charge >= 0.3 is 5.97 Å². The number of hydrogen-bond donors (Lipinski definition) is 2. The summed E-state index contributed by atoms with van der Waals surface area (Å²) in [6.45, 7) is 9.02. The molecule has 37 heavy (non-hydrogen) atoms. The molecule has 2 heterocycles. The van der Waals surface area contributed by atoms with Crippen LogP contribution in [0.3, 0.4) is 0 Å². The summed E-state index contributed by atoms with van der Waals surface area (Å²) in [5, 5.41) is 14.0. The number of pyridine rings is 1. The third kappa shape index (κ3) is 7.77. The predicted molar refractivity (Wildman–Crippen MR) is 159 cm³/mol. The highest BCUT2D eigenvalue weighted by atomic mass is 35.5. The van der Waals surface area contributed by atoms with Crippen LogP contribution in [0, 0.1) is 12.8 Å². The van der Waals surface area contributed by atoms with E-state index >= 15 is 0 Å². The molecule has 4 rings (SSSR count). The number of piperazine rings is 1. The standard InChI is InChI=1S/C26H29ClN4O3.3ClH/c1-16(2)12-25(32)28-19-6-7-22-20(14-19)21(26(33)34)15-24(29-22)31-10-8-30(9-11-31)23-13-18(27)5-4-17(23)3;;;/h4-7,13-16H,8-12H2,1-3H3,(H,28,32)(H,33,34);3*1H. The van der Waals surface area contributed by atoms with Crippen molar-refractivity contribution in [3.8, 4) is 0 Å². The van der Waals surface area contributed by atoms with Crippen LogP contribution in [0.15, 0.2) is 42.5 Å². The first-order valence-electron chi connectivity index (χ1n) is 11.5. The fraction of sp³-hybridized carbons (Fsp3) is 0.346. The lowest BCUT2D eigenvalue weighted by Crippen LogP contribution is -2.47. The van der Waals surface area contributed by atoms with Crippen LogP contribution in [0.1, 0.15) is 36.2 Å². The number of carbonyl (C=O) groups excluding carboxylic acids is 1. The fourth-order valence-electron chi connectivity index (χ4n) is 4.31. The number of aryl methyl sites for hydroxylation is 1. The Bertz CT molecular complexity index is 1250. The van der Waals surface area contributed by atoms with E-state index in [0.29, 0.717) is 46.9 Å². The monoisotopic (exact) mass is 588 g/mol. The van der Waals surface area contributed by atoms with Gasteiger partial charge in [-0.25, -0.2) is 9.78 Å². The number of carboxylic acids is 1. The van der Waals surface area contributed by atoms with Crippen molar-refractivity contribution in [2.24, 2.45) is 5.92 Å². The lowest BCUT2D eigenvalue weighted by atomic mass is 10.1. The molecule has 11 heteroatoms. The van der Waals surface area contributed by atoms with Crippen LogP contribution in [0.25, 0.3) is 10.9 Å². The number of amides is 1. The zero-order chi connectivity index (χ0) is 24.4. The van der Waals surface area contributed by atoms with E-state index in [1.54, 1.807) is 24.3 Å². The Balaban J connectivity index is 0.00000228. The number of nitrogens with one attached hydrogen (secondary N) is 1. The second-order valence-corrected chi connectivity index (χ2v) is 9.55. The van der Waals surface area contributed by atoms with Crippen molar-refractivity contribution < 1.29 is 14.7 Å². The maximum atomic E-state index is 12.1. The van der Waals surface area contributed by atoms with Crippen molar-refractivity contribution in [2.75, 3.05) is 41.3 Å². The van der Waals surface area contributed by atoms with Crippen molar-refractivity contribution in [3.05, 3.63) is 58.6 Å². The number of anilines is 3. The summed E-state index contributed by atoms with van der Waals surface area (Å²) in [6.07, 6.45) is 0.404. The highest BCUT2D eigenvalue weighted by Gasteiger charge is 2.22. The van der Waals surface area contributed by atoms with E-state index in [1.807, 2.05) is 32.0 Å². The Morgan fingerprint density at radius 3 is 2.27 bits per heavy atom. The molecule has 0 unspecified atom stereocenters. The van der Waals surface area contributed by atoms with Gasteiger partial charge in [-0.1, -0.05) is 31.5 Å². The topological polar surface area (TPSA) is 85.8 Å². The lowest BCUT2D eigenvalue weighted by Gasteiger charge is -2.37. The van der Waals surface area contributed by atoms with Crippen molar-refractivity contribution >= 4 is 88.8 Å². The molecular weight excluding hydrogens is 558 g/mol. The molecule has 3 aromatic rings. The Morgan fingerprint density at radius 1 is 1.00 bits per heavy atom. The van der Waals surface area contributed by atoms with E-state index in [0.717, 1.165) is 18.8 Å². The number of nitrogens with zero attached hydrogens (tertiary/aromatic N) is 3. The maximum absolute atomic E-state index is 12.1. The highest BCUT2D eigenvalue weighted by Crippen LogP contribution is 2.29. The van der Waals surface area contributed by atoms with E-state index in [2.05, 4.69) is 22.0 Å². The normalized spacial score (nSPS) is 12.9. The molecule has 0 atom stereocenters. The van der Waals surface area contributed by atoms with Gasteiger partial charge in [-0.2, -0.15) is 0 Å². The zero-order valence-corrected chi connectivity index (χ0v) is 24.1. The van der Waals surface area contributed by atoms with Crippen molar-refractivity contribution in [1.82, 2.24) is 4.98 Å². The highest BCUT2D eigenvalue weighted by molar-refractivity contribution is 6.30. The van der Waals surface area contributed by atoms with Crippen LogP contribution in [0.4, 0.5) is 17.2 Å². The molecular formula is C26H32Cl4N4O3. The van der Waals surface area contributed by atoms with E-state index in [9.17, 15) is 14.7 Å². The molecule has 1 fully saturated rings. The minimum Gasteiger partial charge on any atom is -0.478 e. The molecule has 2 aromatic carbocycles. The Kier molecular flexibility index (Phi) is 12.2. The maximum Gasteiger partial charge on any atom is 0.336 e. The first kappa shape index (κ1) is 32.6. The zero-order valence-electron chi connectivity index (χ0n) is 20.9.